The van der Waals surface area contributed by atoms with Gasteiger partial charge in [0.25, 0.3) is 0 Å². The Morgan fingerprint density at radius 2 is 1.75 bits per heavy atom. The molecule has 0 unspecified atom stereocenters. The van der Waals surface area contributed by atoms with Gasteiger partial charge in [0.05, 0.1) is 12.7 Å². The summed E-state index contributed by atoms with van der Waals surface area (Å²) in [6.45, 7) is 5.81. The normalized spacial score (nSPS) is 10.4. The summed E-state index contributed by atoms with van der Waals surface area (Å²) in [4.78, 5) is 12.9. The van der Waals surface area contributed by atoms with Crippen molar-refractivity contribution in [3.05, 3.63) is 62.6 Å². The first-order valence-electron chi connectivity index (χ1n) is 6.41. The highest BCUT2D eigenvalue weighted by Crippen LogP contribution is 2.34. The van der Waals surface area contributed by atoms with Crippen LogP contribution in [0.4, 0.5) is 0 Å². The van der Waals surface area contributed by atoms with Crippen molar-refractivity contribution in [2.45, 2.75) is 20.8 Å². The molecule has 3 heteroatoms. The molecule has 2 aromatic rings. The largest absolute Gasteiger partial charge is 0.496 e. The Morgan fingerprint density at radius 1 is 1.10 bits per heavy atom. The molecule has 0 amide bonds. The summed E-state index contributed by atoms with van der Waals surface area (Å²) in [7, 11) is 1.60. The molecule has 0 N–H and O–H groups in total. The molecule has 0 radical (unpaired) electrons. The molecule has 2 rings (SSSR count). The number of carbonyl (C=O) groups is 1. The third-order valence-corrected chi connectivity index (χ3v) is 4.31. The lowest BCUT2D eigenvalue weighted by atomic mass is 9.93. The molecular weight excluding hydrogens is 316 g/mol. The molecule has 0 saturated carbocycles. The zero-order valence-corrected chi connectivity index (χ0v) is 13.7. The first-order valence-corrected chi connectivity index (χ1v) is 7.20. The van der Waals surface area contributed by atoms with Crippen molar-refractivity contribution in [2.75, 3.05) is 7.11 Å². The third-order valence-electron chi connectivity index (χ3n) is 3.48. The third kappa shape index (κ3) is 2.50. The standard InChI is InChI=1S/C17H17BrO2/c1-10-7-5-6-8-13(10)16(19)15-12(3)14(18)9-11(2)17(15)20-4/h5-9H,1-4H3. The molecule has 0 bridgehead atoms. The number of halogens is 1. The van der Waals surface area contributed by atoms with E-state index < -0.39 is 0 Å². The fourth-order valence-corrected chi connectivity index (χ4v) is 2.89. The lowest BCUT2D eigenvalue weighted by Gasteiger charge is -2.16. The van der Waals surface area contributed by atoms with Gasteiger partial charge in [-0.25, -0.2) is 0 Å². The number of hydrogen-bond acceptors (Lipinski definition) is 2. The van der Waals surface area contributed by atoms with Gasteiger partial charge < -0.3 is 4.74 Å². The number of benzene rings is 2. The summed E-state index contributed by atoms with van der Waals surface area (Å²) in [6, 6.07) is 9.59. The van der Waals surface area contributed by atoms with Gasteiger partial charge >= 0.3 is 0 Å². The van der Waals surface area contributed by atoms with E-state index in [-0.39, 0.29) is 5.78 Å². The molecular formula is C17H17BrO2. The monoisotopic (exact) mass is 332 g/mol. The van der Waals surface area contributed by atoms with Gasteiger partial charge in [0.1, 0.15) is 5.75 Å². The zero-order chi connectivity index (χ0) is 14.9. The summed E-state index contributed by atoms with van der Waals surface area (Å²) in [5.41, 5.74) is 4.17. The van der Waals surface area contributed by atoms with E-state index in [1.807, 2.05) is 51.1 Å². The fraction of sp³-hybridized carbons (Fsp3) is 0.235. The average molecular weight is 333 g/mol. The summed E-state index contributed by atoms with van der Waals surface area (Å²) in [5, 5.41) is 0. The van der Waals surface area contributed by atoms with Gasteiger partial charge in [-0.3, -0.25) is 4.79 Å². The maximum Gasteiger partial charge on any atom is 0.197 e. The number of ether oxygens (including phenoxy) is 1. The van der Waals surface area contributed by atoms with Gasteiger partial charge in [-0.05, 0) is 43.5 Å². The first kappa shape index (κ1) is 14.8. The van der Waals surface area contributed by atoms with Crippen LogP contribution in [0.5, 0.6) is 5.75 Å². The molecule has 0 aliphatic rings. The van der Waals surface area contributed by atoms with E-state index >= 15 is 0 Å². The van der Waals surface area contributed by atoms with E-state index in [2.05, 4.69) is 15.9 Å². The van der Waals surface area contributed by atoms with Crippen molar-refractivity contribution < 1.29 is 9.53 Å². The van der Waals surface area contributed by atoms with Crippen LogP contribution in [0.15, 0.2) is 34.8 Å². The molecule has 0 heterocycles. The molecule has 0 atom stereocenters. The smallest absolute Gasteiger partial charge is 0.197 e. The Labute approximate surface area is 127 Å². The number of carbonyl (C=O) groups excluding carboxylic acids is 1. The summed E-state index contributed by atoms with van der Waals surface area (Å²) in [5.74, 6) is 0.654. The fourth-order valence-electron chi connectivity index (χ4n) is 2.35. The minimum absolute atomic E-state index is 0.00171. The average Bonchev–Trinajstić information content (AvgIpc) is 2.42. The second-order valence-electron chi connectivity index (χ2n) is 4.85. The van der Waals surface area contributed by atoms with E-state index in [1.54, 1.807) is 7.11 Å². The van der Waals surface area contributed by atoms with Crippen LogP contribution in [-0.4, -0.2) is 12.9 Å². The van der Waals surface area contributed by atoms with Crippen LogP contribution >= 0.6 is 15.9 Å². The van der Waals surface area contributed by atoms with Crippen LogP contribution in [0.3, 0.4) is 0 Å². The predicted octanol–water partition coefficient (Wildman–Crippen LogP) is 4.61. The van der Waals surface area contributed by atoms with Crippen molar-refractivity contribution in [3.8, 4) is 5.75 Å². The quantitative estimate of drug-likeness (QED) is 0.767. The number of hydrogen-bond donors (Lipinski definition) is 0. The van der Waals surface area contributed by atoms with Gasteiger partial charge in [0.15, 0.2) is 5.78 Å². The van der Waals surface area contributed by atoms with Crippen LogP contribution in [0.1, 0.15) is 32.6 Å². The number of rotatable bonds is 3. The van der Waals surface area contributed by atoms with Crippen LogP contribution in [0, 0.1) is 20.8 Å². The summed E-state index contributed by atoms with van der Waals surface area (Å²) >= 11 is 3.51. The van der Waals surface area contributed by atoms with Gasteiger partial charge in [0.2, 0.25) is 0 Å². The number of methoxy groups -OCH3 is 1. The number of ketones is 1. The molecule has 0 saturated heterocycles. The minimum Gasteiger partial charge on any atom is -0.496 e. The lowest BCUT2D eigenvalue weighted by molar-refractivity contribution is 0.103. The van der Waals surface area contributed by atoms with Crippen molar-refractivity contribution in [1.82, 2.24) is 0 Å². The molecule has 20 heavy (non-hydrogen) atoms. The van der Waals surface area contributed by atoms with E-state index in [1.165, 1.54) is 0 Å². The van der Waals surface area contributed by atoms with Crippen molar-refractivity contribution in [3.63, 3.8) is 0 Å². The Balaban J connectivity index is 2.69. The maximum absolute atomic E-state index is 12.9. The van der Waals surface area contributed by atoms with Gasteiger partial charge in [-0.2, -0.15) is 0 Å². The van der Waals surface area contributed by atoms with E-state index in [4.69, 9.17) is 4.74 Å². The molecule has 104 valence electrons. The van der Waals surface area contributed by atoms with E-state index in [0.29, 0.717) is 16.9 Å². The second kappa shape index (κ2) is 5.80. The van der Waals surface area contributed by atoms with Crippen molar-refractivity contribution >= 4 is 21.7 Å². The zero-order valence-electron chi connectivity index (χ0n) is 12.1. The summed E-state index contributed by atoms with van der Waals surface area (Å²) < 4.78 is 6.38. The Hall–Kier alpha value is -1.61. The first-order chi connectivity index (χ1) is 9.47. The van der Waals surface area contributed by atoms with Gasteiger partial charge in [-0.1, -0.05) is 40.2 Å². The van der Waals surface area contributed by atoms with Gasteiger partial charge in [-0.15, -0.1) is 0 Å². The minimum atomic E-state index is 0.00171. The van der Waals surface area contributed by atoms with E-state index in [9.17, 15) is 4.79 Å². The SMILES string of the molecule is COc1c(C)cc(Br)c(C)c1C(=O)c1ccccc1C. The second-order valence-corrected chi connectivity index (χ2v) is 5.71. The van der Waals surface area contributed by atoms with Crippen LogP contribution in [-0.2, 0) is 0 Å². The highest BCUT2D eigenvalue weighted by atomic mass is 79.9. The number of aryl methyl sites for hydroxylation is 2. The molecule has 2 nitrogen and oxygen atoms in total. The maximum atomic E-state index is 12.9. The van der Waals surface area contributed by atoms with Crippen molar-refractivity contribution in [2.24, 2.45) is 0 Å². The Kier molecular flexibility index (Phi) is 4.29. The summed E-state index contributed by atoms with van der Waals surface area (Å²) in [6.07, 6.45) is 0. The Morgan fingerprint density at radius 3 is 2.35 bits per heavy atom. The van der Waals surface area contributed by atoms with Gasteiger partial charge in [0, 0.05) is 10.0 Å². The predicted molar refractivity (Wildman–Crippen MR) is 84.8 cm³/mol. The molecule has 2 aromatic carbocycles. The van der Waals surface area contributed by atoms with Crippen LogP contribution < -0.4 is 4.74 Å². The molecule has 0 aliphatic heterocycles. The molecule has 0 aliphatic carbocycles. The molecule has 0 fully saturated rings. The topological polar surface area (TPSA) is 26.3 Å². The van der Waals surface area contributed by atoms with E-state index in [0.717, 1.165) is 21.2 Å². The molecule has 0 aromatic heterocycles. The Bertz CT molecular complexity index is 675. The van der Waals surface area contributed by atoms with Crippen LogP contribution in [0.25, 0.3) is 0 Å². The van der Waals surface area contributed by atoms with Crippen molar-refractivity contribution in [1.29, 1.82) is 0 Å². The highest BCUT2D eigenvalue weighted by molar-refractivity contribution is 9.10. The highest BCUT2D eigenvalue weighted by Gasteiger charge is 2.21. The lowest BCUT2D eigenvalue weighted by Crippen LogP contribution is -2.09. The molecule has 0 spiro atoms. The van der Waals surface area contributed by atoms with Crippen LogP contribution in [0.2, 0.25) is 0 Å².